The number of aromatic nitrogens is 2. The van der Waals surface area contributed by atoms with Gasteiger partial charge in [0, 0.05) is 22.8 Å². The van der Waals surface area contributed by atoms with Crippen LogP contribution in [0.25, 0.3) is 0 Å². The summed E-state index contributed by atoms with van der Waals surface area (Å²) in [5.41, 5.74) is 1.08. The monoisotopic (exact) mass is 347 g/mol. The molecule has 5 nitrogen and oxygen atoms in total. The van der Waals surface area contributed by atoms with Gasteiger partial charge in [-0.25, -0.2) is 9.97 Å². The number of nitriles is 1. The van der Waals surface area contributed by atoms with E-state index >= 15 is 0 Å². The highest BCUT2D eigenvalue weighted by molar-refractivity contribution is 7.10. The fourth-order valence-electron chi connectivity index (χ4n) is 2.05. The predicted molar refractivity (Wildman–Crippen MR) is 87.0 cm³/mol. The average molecular weight is 348 g/mol. The number of ketones is 1. The van der Waals surface area contributed by atoms with E-state index in [1.165, 1.54) is 36.4 Å². The van der Waals surface area contributed by atoms with E-state index in [0.29, 0.717) is 23.4 Å². The van der Waals surface area contributed by atoms with E-state index < -0.39 is 5.92 Å². The van der Waals surface area contributed by atoms with Crippen LogP contribution in [0.5, 0.6) is 5.88 Å². The fraction of sp³-hybridized carbons (Fsp3) is 0.375. The van der Waals surface area contributed by atoms with E-state index in [2.05, 4.69) is 9.97 Å². The van der Waals surface area contributed by atoms with Crippen LogP contribution in [0.4, 0.5) is 0 Å². The molecular formula is C16H14ClN3O2S. The Morgan fingerprint density at radius 1 is 1.61 bits per heavy atom. The highest BCUT2D eigenvalue weighted by Gasteiger charge is 2.26. The molecular weight excluding hydrogens is 334 g/mol. The van der Waals surface area contributed by atoms with Gasteiger partial charge in [-0.1, -0.05) is 11.6 Å². The van der Waals surface area contributed by atoms with Crippen molar-refractivity contribution in [2.75, 3.05) is 6.61 Å². The molecule has 118 valence electrons. The Balaban J connectivity index is 1.78. The number of aryl methyl sites for hydroxylation is 1. The van der Waals surface area contributed by atoms with Gasteiger partial charge in [0.25, 0.3) is 0 Å². The Labute approximate surface area is 142 Å². The second-order valence-corrected chi connectivity index (χ2v) is 6.82. The quantitative estimate of drug-likeness (QED) is 0.743. The third-order valence-corrected chi connectivity index (χ3v) is 4.82. The third-order valence-electron chi connectivity index (χ3n) is 3.52. The number of pyridine rings is 1. The first-order valence-electron chi connectivity index (χ1n) is 7.22. The molecule has 2 aromatic heterocycles. The zero-order valence-electron chi connectivity index (χ0n) is 12.5. The zero-order valence-corrected chi connectivity index (χ0v) is 14.0. The Bertz CT molecular complexity index is 780. The Morgan fingerprint density at radius 2 is 2.39 bits per heavy atom. The van der Waals surface area contributed by atoms with E-state index in [0.717, 1.165) is 5.69 Å². The lowest BCUT2D eigenvalue weighted by Gasteiger charge is -2.09. The van der Waals surface area contributed by atoms with Gasteiger partial charge in [0.1, 0.15) is 10.0 Å². The van der Waals surface area contributed by atoms with Gasteiger partial charge in [0.05, 0.1) is 12.7 Å². The largest absolute Gasteiger partial charge is 0.476 e. The van der Waals surface area contributed by atoms with Crippen molar-refractivity contribution in [3.63, 3.8) is 0 Å². The van der Waals surface area contributed by atoms with Gasteiger partial charge in [0.15, 0.2) is 11.7 Å². The van der Waals surface area contributed by atoms with Crippen molar-refractivity contribution in [3.05, 3.63) is 38.9 Å². The van der Waals surface area contributed by atoms with Crippen LogP contribution in [0, 0.1) is 24.2 Å². The van der Waals surface area contributed by atoms with Crippen LogP contribution in [-0.2, 0) is 0 Å². The predicted octanol–water partition coefficient (Wildman–Crippen LogP) is 3.78. The molecule has 1 saturated carbocycles. The van der Waals surface area contributed by atoms with E-state index in [1.54, 1.807) is 0 Å². The maximum Gasteiger partial charge on any atom is 0.232 e. The van der Waals surface area contributed by atoms with Gasteiger partial charge < -0.3 is 4.74 Å². The minimum atomic E-state index is -0.940. The molecule has 0 radical (unpaired) electrons. The number of hydrogen-bond donors (Lipinski definition) is 0. The molecule has 1 atom stereocenters. The number of carbonyl (C=O) groups excluding carboxylic acids is 1. The molecule has 0 amide bonds. The minimum Gasteiger partial charge on any atom is -0.476 e. The standard InChI is InChI=1S/C16H14ClN3O2S/c1-9-8-23-16(20-9)12(5-18)14(21)11-4-13(17)15(19-6-11)22-7-10-2-3-10/h4,6,8,10,12H,2-3,7H2,1H3/t12-/m1/s1. The van der Waals surface area contributed by atoms with Gasteiger partial charge in [-0.15, -0.1) is 11.3 Å². The number of nitrogens with zero attached hydrogens (tertiary/aromatic N) is 3. The molecule has 0 unspecified atom stereocenters. The summed E-state index contributed by atoms with van der Waals surface area (Å²) in [5, 5.41) is 11.9. The van der Waals surface area contributed by atoms with E-state index in [1.807, 2.05) is 18.4 Å². The Hall–Kier alpha value is -1.97. The molecule has 0 bridgehead atoms. The lowest BCUT2D eigenvalue weighted by atomic mass is 10.0. The number of halogens is 1. The third kappa shape index (κ3) is 3.69. The molecule has 1 aliphatic carbocycles. The lowest BCUT2D eigenvalue weighted by molar-refractivity contribution is 0.0978. The minimum absolute atomic E-state index is 0.281. The van der Waals surface area contributed by atoms with Crippen LogP contribution < -0.4 is 4.74 Å². The fourth-order valence-corrected chi connectivity index (χ4v) is 3.10. The van der Waals surface area contributed by atoms with Gasteiger partial charge in [-0.3, -0.25) is 4.79 Å². The number of rotatable bonds is 6. The Morgan fingerprint density at radius 3 is 2.96 bits per heavy atom. The molecule has 1 fully saturated rings. The molecule has 2 aromatic rings. The van der Waals surface area contributed by atoms with E-state index in [-0.39, 0.29) is 16.4 Å². The summed E-state index contributed by atoms with van der Waals surface area (Å²) < 4.78 is 5.54. The topological polar surface area (TPSA) is 75.9 Å². The first-order chi connectivity index (χ1) is 11.1. The average Bonchev–Trinajstić information content (AvgIpc) is 3.27. The summed E-state index contributed by atoms with van der Waals surface area (Å²) in [4.78, 5) is 20.9. The highest BCUT2D eigenvalue weighted by Crippen LogP contribution is 2.31. The van der Waals surface area contributed by atoms with Crippen molar-refractivity contribution in [2.45, 2.75) is 25.7 Å². The number of carbonyl (C=O) groups is 1. The summed E-state index contributed by atoms with van der Waals surface area (Å²) in [7, 11) is 0. The molecule has 0 aliphatic heterocycles. The van der Waals surface area contributed by atoms with Gasteiger partial charge in [-0.2, -0.15) is 5.26 Å². The zero-order chi connectivity index (χ0) is 16.4. The maximum absolute atomic E-state index is 12.5. The molecule has 23 heavy (non-hydrogen) atoms. The van der Waals surface area contributed by atoms with Crippen LogP contribution >= 0.6 is 22.9 Å². The van der Waals surface area contributed by atoms with Crippen LogP contribution in [0.3, 0.4) is 0 Å². The smallest absolute Gasteiger partial charge is 0.232 e. The summed E-state index contributed by atoms with van der Waals surface area (Å²) in [6.45, 7) is 2.42. The van der Waals surface area contributed by atoms with Gasteiger partial charge in [-0.05, 0) is 31.7 Å². The van der Waals surface area contributed by atoms with Crippen molar-refractivity contribution >= 4 is 28.7 Å². The van der Waals surface area contributed by atoms with Crippen molar-refractivity contribution < 1.29 is 9.53 Å². The number of hydrogen-bond acceptors (Lipinski definition) is 6. The molecule has 0 aromatic carbocycles. The summed E-state index contributed by atoms with van der Waals surface area (Å²) in [5.74, 6) is -0.381. The van der Waals surface area contributed by atoms with Gasteiger partial charge in [0.2, 0.25) is 5.88 Å². The first kappa shape index (κ1) is 15.9. The number of ether oxygens (including phenoxy) is 1. The number of thiazole rings is 1. The first-order valence-corrected chi connectivity index (χ1v) is 8.48. The lowest BCUT2D eigenvalue weighted by Crippen LogP contribution is -2.12. The van der Waals surface area contributed by atoms with Gasteiger partial charge >= 0.3 is 0 Å². The maximum atomic E-state index is 12.5. The second-order valence-electron chi connectivity index (χ2n) is 5.52. The van der Waals surface area contributed by atoms with E-state index in [9.17, 15) is 10.1 Å². The molecule has 0 N–H and O–H groups in total. The molecule has 1 aliphatic rings. The van der Waals surface area contributed by atoms with Crippen molar-refractivity contribution in [2.24, 2.45) is 5.92 Å². The highest BCUT2D eigenvalue weighted by atomic mass is 35.5. The summed E-state index contributed by atoms with van der Waals surface area (Å²) >= 11 is 7.44. The summed E-state index contributed by atoms with van der Waals surface area (Å²) in [6.07, 6.45) is 3.75. The van der Waals surface area contributed by atoms with E-state index in [4.69, 9.17) is 16.3 Å². The normalized spacial score (nSPS) is 15.0. The summed E-state index contributed by atoms with van der Waals surface area (Å²) in [6, 6.07) is 3.51. The Kier molecular flexibility index (Phi) is 4.60. The molecule has 2 heterocycles. The van der Waals surface area contributed by atoms with Crippen LogP contribution in [0.1, 0.15) is 39.8 Å². The second kappa shape index (κ2) is 6.65. The molecule has 7 heteroatoms. The molecule has 3 rings (SSSR count). The number of Topliss-reactive ketones (excluding diaryl/α,β-unsaturated/α-hetero) is 1. The van der Waals surface area contributed by atoms with Crippen LogP contribution in [0.15, 0.2) is 17.6 Å². The van der Waals surface area contributed by atoms with Crippen molar-refractivity contribution in [3.8, 4) is 11.9 Å². The van der Waals surface area contributed by atoms with Crippen LogP contribution in [0.2, 0.25) is 5.02 Å². The molecule has 0 saturated heterocycles. The van der Waals surface area contributed by atoms with Crippen LogP contribution in [-0.4, -0.2) is 22.4 Å². The van der Waals surface area contributed by atoms with Crippen molar-refractivity contribution in [1.29, 1.82) is 5.26 Å². The SMILES string of the molecule is Cc1csc([C@H](C#N)C(=O)c2cnc(OCC3CC3)c(Cl)c2)n1. The van der Waals surface area contributed by atoms with Crippen molar-refractivity contribution in [1.82, 2.24) is 9.97 Å². The molecule has 0 spiro atoms.